The summed E-state index contributed by atoms with van der Waals surface area (Å²) < 4.78 is 0. The number of thioether (sulfide) groups is 1. The number of aromatic nitrogens is 2. The summed E-state index contributed by atoms with van der Waals surface area (Å²) in [4.78, 5) is 9.01. The van der Waals surface area contributed by atoms with Gasteiger partial charge in [0.05, 0.1) is 0 Å². The average Bonchev–Trinajstić information content (AvgIpc) is 2.29. The van der Waals surface area contributed by atoms with Gasteiger partial charge in [-0.05, 0) is 12.8 Å². The molecule has 1 aromatic rings. The molecule has 3 nitrogen and oxygen atoms in total. The number of hydrogen-bond donors (Lipinski definition) is 1. The normalized spacial score (nSPS) is 12.5. The first-order chi connectivity index (χ1) is 7.69. The highest BCUT2D eigenvalue weighted by Gasteiger charge is 2.07. The topological polar surface area (TPSA) is 37.8 Å². The summed E-state index contributed by atoms with van der Waals surface area (Å²) >= 11 is 1.82. The number of aryl methyl sites for hydroxylation is 1. The number of hydrogen-bond acceptors (Lipinski definition) is 4. The van der Waals surface area contributed by atoms with Gasteiger partial charge in [-0.2, -0.15) is 0 Å². The van der Waals surface area contributed by atoms with Crippen molar-refractivity contribution in [2.24, 2.45) is 0 Å². The van der Waals surface area contributed by atoms with Crippen LogP contribution in [0.3, 0.4) is 0 Å². The Morgan fingerprint density at radius 3 is 2.69 bits per heavy atom. The van der Waals surface area contributed by atoms with Crippen LogP contribution in [0, 0.1) is 0 Å². The van der Waals surface area contributed by atoms with E-state index in [1.165, 1.54) is 0 Å². The molecule has 1 unspecified atom stereocenters. The summed E-state index contributed by atoms with van der Waals surface area (Å²) in [5, 5.41) is 4.78. The van der Waals surface area contributed by atoms with Crippen molar-refractivity contribution < 1.29 is 0 Å². The van der Waals surface area contributed by atoms with Gasteiger partial charge in [0.25, 0.3) is 0 Å². The van der Waals surface area contributed by atoms with E-state index in [4.69, 9.17) is 0 Å². The third kappa shape index (κ3) is 4.00. The molecule has 0 aliphatic heterocycles. The van der Waals surface area contributed by atoms with Crippen molar-refractivity contribution in [2.75, 3.05) is 12.4 Å². The first kappa shape index (κ1) is 13.3. The van der Waals surface area contributed by atoms with Crippen LogP contribution in [0.25, 0.3) is 0 Å². The molecule has 1 atom stereocenters. The van der Waals surface area contributed by atoms with Crippen LogP contribution in [0.2, 0.25) is 0 Å². The highest BCUT2D eigenvalue weighted by molar-refractivity contribution is 7.99. The van der Waals surface area contributed by atoms with Gasteiger partial charge in [0.15, 0.2) is 0 Å². The van der Waals surface area contributed by atoms with Crippen molar-refractivity contribution >= 4 is 17.6 Å². The van der Waals surface area contributed by atoms with E-state index in [2.05, 4.69) is 36.1 Å². The fraction of sp³-hybridized carbons (Fsp3) is 0.667. The first-order valence-electron chi connectivity index (χ1n) is 5.91. The van der Waals surface area contributed by atoms with E-state index in [1.54, 1.807) is 0 Å². The average molecular weight is 239 g/mol. The van der Waals surface area contributed by atoms with Gasteiger partial charge in [-0.3, -0.25) is 0 Å². The number of rotatable bonds is 6. The summed E-state index contributed by atoms with van der Waals surface area (Å²) in [5.74, 6) is 1.87. The molecule has 1 N–H and O–H groups in total. The van der Waals surface area contributed by atoms with E-state index >= 15 is 0 Å². The summed E-state index contributed by atoms with van der Waals surface area (Å²) in [7, 11) is 1.90. The van der Waals surface area contributed by atoms with Crippen molar-refractivity contribution in [1.29, 1.82) is 0 Å². The third-order valence-electron chi connectivity index (χ3n) is 2.38. The van der Waals surface area contributed by atoms with Gasteiger partial charge >= 0.3 is 0 Å². The van der Waals surface area contributed by atoms with Crippen LogP contribution in [-0.4, -0.2) is 22.3 Å². The van der Waals surface area contributed by atoms with E-state index < -0.39 is 0 Å². The molecule has 1 heterocycles. The smallest absolute Gasteiger partial charge is 0.132 e. The lowest BCUT2D eigenvalue weighted by molar-refractivity contribution is 0.808. The summed E-state index contributed by atoms with van der Waals surface area (Å²) in [6, 6.07) is 2.02. The minimum atomic E-state index is 0.606. The Balaban J connectivity index is 2.85. The van der Waals surface area contributed by atoms with Gasteiger partial charge in [-0.15, -0.1) is 11.8 Å². The minimum Gasteiger partial charge on any atom is -0.373 e. The zero-order valence-electron chi connectivity index (χ0n) is 10.6. The van der Waals surface area contributed by atoms with E-state index in [9.17, 15) is 0 Å². The van der Waals surface area contributed by atoms with Crippen molar-refractivity contribution in [2.45, 2.75) is 50.3 Å². The molecule has 1 rings (SSSR count). The van der Waals surface area contributed by atoms with E-state index in [-0.39, 0.29) is 0 Å². The maximum atomic E-state index is 4.57. The van der Waals surface area contributed by atoms with Crippen LogP contribution in [0.15, 0.2) is 11.1 Å². The Kier molecular flexibility index (Phi) is 5.60. The van der Waals surface area contributed by atoms with Crippen molar-refractivity contribution in [3.63, 3.8) is 0 Å². The minimum absolute atomic E-state index is 0.606. The Labute approximate surface area is 102 Å². The van der Waals surface area contributed by atoms with Crippen LogP contribution in [0.5, 0.6) is 0 Å². The SMILES string of the molecule is CCCc1nc(NC)cc(SC(C)CC)n1. The fourth-order valence-corrected chi connectivity index (χ4v) is 2.20. The molecular weight excluding hydrogens is 218 g/mol. The Morgan fingerprint density at radius 1 is 1.38 bits per heavy atom. The molecule has 0 bridgehead atoms. The zero-order chi connectivity index (χ0) is 12.0. The molecule has 0 fully saturated rings. The molecule has 90 valence electrons. The van der Waals surface area contributed by atoms with Gasteiger partial charge in [0.1, 0.15) is 16.7 Å². The zero-order valence-corrected chi connectivity index (χ0v) is 11.4. The van der Waals surface area contributed by atoms with Crippen LogP contribution in [0.1, 0.15) is 39.4 Å². The van der Waals surface area contributed by atoms with Crippen LogP contribution in [0.4, 0.5) is 5.82 Å². The lowest BCUT2D eigenvalue weighted by atomic mass is 10.3. The number of nitrogens with one attached hydrogen (secondary N) is 1. The summed E-state index contributed by atoms with van der Waals surface area (Å²) in [5.41, 5.74) is 0. The highest BCUT2D eigenvalue weighted by atomic mass is 32.2. The molecule has 0 spiro atoms. The van der Waals surface area contributed by atoms with Crippen LogP contribution < -0.4 is 5.32 Å². The standard InChI is InChI=1S/C12H21N3S/c1-5-7-10-14-11(13-4)8-12(15-10)16-9(3)6-2/h8-9H,5-7H2,1-4H3,(H,13,14,15). The first-order valence-corrected chi connectivity index (χ1v) is 6.79. The largest absolute Gasteiger partial charge is 0.373 e. The predicted octanol–water partition coefficient (Wildman–Crippen LogP) is 3.36. The number of anilines is 1. The Morgan fingerprint density at radius 2 is 2.12 bits per heavy atom. The lowest BCUT2D eigenvalue weighted by Crippen LogP contribution is -2.02. The summed E-state index contributed by atoms with van der Waals surface area (Å²) in [6.07, 6.45) is 3.19. The quantitative estimate of drug-likeness (QED) is 0.610. The molecule has 4 heteroatoms. The molecule has 0 aliphatic rings. The van der Waals surface area contributed by atoms with E-state index in [0.29, 0.717) is 5.25 Å². The van der Waals surface area contributed by atoms with Crippen molar-refractivity contribution in [3.05, 3.63) is 11.9 Å². The maximum Gasteiger partial charge on any atom is 0.132 e. The van der Waals surface area contributed by atoms with E-state index in [0.717, 1.165) is 35.9 Å². The fourth-order valence-electron chi connectivity index (χ4n) is 1.29. The van der Waals surface area contributed by atoms with Gasteiger partial charge in [0, 0.05) is 24.8 Å². The third-order valence-corrected chi connectivity index (χ3v) is 3.56. The molecule has 0 radical (unpaired) electrons. The molecule has 16 heavy (non-hydrogen) atoms. The van der Waals surface area contributed by atoms with Crippen molar-refractivity contribution in [3.8, 4) is 0 Å². The molecular formula is C12H21N3S. The predicted molar refractivity (Wildman–Crippen MR) is 71.2 cm³/mol. The summed E-state index contributed by atoms with van der Waals surface area (Å²) in [6.45, 7) is 6.58. The highest BCUT2D eigenvalue weighted by Crippen LogP contribution is 2.25. The second-order valence-corrected chi connectivity index (χ2v) is 5.30. The molecule has 0 amide bonds. The monoisotopic (exact) mass is 239 g/mol. The maximum absolute atomic E-state index is 4.57. The van der Waals surface area contributed by atoms with Gasteiger partial charge in [0.2, 0.25) is 0 Å². The van der Waals surface area contributed by atoms with Gasteiger partial charge < -0.3 is 5.32 Å². The van der Waals surface area contributed by atoms with Gasteiger partial charge in [-0.25, -0.2) is 9.97 Å². The van der Waals surface area contributed by atoms with Crippen LogP contribution >= 0.6 is 11.8 Å². The van der Waals surface area contributed by atoms with E-state index in [1.807, 2.05) is 24.9 Å². The molecule has 0 saturated carbocycles. The molecule has 0 aromatic carbocycles. The molecule has 0 saturated heterocycles. The Bertz CT molecular complexity index is 328. The molecule has 0 aliphatic carbocycles. The second-order valence-electron chi connectivity index (χ2n) is 3.84. The Hall–Kier alpha value is -0.770. The van der Waals surface area contributed by atoms with Crippen molar-refractivity contribution in [1.82, 2.24) is 9.97 Å². The van der Waals surface area contributed by atoms with Crippen LogP contribution in [-0.2, 0) is 6.42 Å². The lowest BCUT2D eigenvalue weighted by Gasteiger charge is -2.10. The van der Waals surface area contributed by atoms with Gasteiger partial charge in [-0.1, -0.05) is 20.8 Å². The molecule has 1 aromatic heterocycles. The second kappa shape index (κ2) is 6.74. The number of nitrogens with zero attached hydrogens (tertiary/aromatic N) is 2.